The van der Waals surface area contributed by atoms with Crippen LogP contribution in [0, 0.1) is 0 Å². The lowest BCUT2D eigenvalue weighted by atomic mass is 10.0. The summed E-state index contributed by atoms with van der Waals surface area (Å²) < 4.78 is 5.51. The van der Waals surface area contributed by atoms with Gasteiger partial charge in [0, 0.05) is 18.7 Å². The predicted octanol–water partition coefficient (Wildman–Crippen LogP) is 2.92. The Morgan fingerprint density at radius 2 is 2.05 bits per heavy atom. The summed E-state index contributed by atoms with van der Waals surface area (Å²) in [5.74, 6) is 0.472. The highest BCUT2D eigenvalue weighted by Gasteiger charge is 2.25. The quantitative estimate of drug-likeness (QED) is 0.796. The van der Waals surface area contributed by atoms with Crippen molar-refractivity contribution < 1.29 is 9.53 Å². The molecule has 20 heavy (non-hydrogen) atoms. The molecule has 1 atom stereocenters. The fourth-order valence-corrected chi connectivity index (χ4v) is 2.77. The van der Waals surface area contributed by atoms with Crippen molar-refractivity contribution in [3.63, 3.8) is 0 Å². The normalized spacial score (nSPS) is 19.2. The van der Waals surface area contributed by atoms with Crippen molar-refractivity contribution in [2.75, 3.05) is 25.6 Å². The Bertz CT molecular complexity index is 623. The minimum atomic E-state index is -0.0654. The van der Waals surface area contributed by atoms with Crippen LogP contribution in [0.3, 0.4) is 0 Å². The Morgan fingerprint density at radius 1 is 1.25 bits per heavy atom. The van der Waals surface area contributed by atoms with E-state index in [0.717, 1.165) is 16.3 Å². The van der Waals surface area contributed by atoms with Gasteiger partial charge in [0.15, 0.2) is 0 Å². The molecule has 1 saturated heterocycles. The van der Waals surface area contributed by atoms with Crippen molar-refractivity contribution in [1.82, 2.24) is 4.90 Å². The van der Waals surface area contributed by atoms with Gasteiger partial charge in [0.25, 0.3) is 5.91 Å². The van der Waals surface area contributed by atoms with E-state index in [1.54, 1.807) is 0 Å². The number of hydrogen-bond acceptors (Lipinski definition) is 2. The van der Waals surface area contributed by atoms with Gasteiger partial charge in [-0.2, -0.15) is 0 Å². The minimum absolute atomic E-state index is 0.0558. The first-order valence-corrected chi connectivity index (χ1v) is 7.27. The SMILES string of the molecule is O=C(c1cccc2ccccc12)N1CCOC(CCl)C1. The molecular weight excluding hydrogens is 274 g/mol. The lowest BCUT2D eigenvalue weighted by Crippen LogP contribution is -2.46. The minimum Gasteiger partial charge on any atom is -0.373 e. The van der Waals surface area contributed by atoms with Crippen molar-refractivity contribution in [1.29, 1.82) is 0 Å². The molecule has 1 aliphatic heterocycles. The number of carbonyl (C=O) groups is 1. The number of benzene rings is 2. The number of nitrogens with zero attached hydrogens (tertiary/aromatic N) is 1. The molecule has 0 radical (unpaired) electrons. The number of hydrogen-bond donors (Lipinski definition) is 0. The first kappa shape index (κ1) is 13.4. The van der Waals surface area contributed by atoms with E-state index in [9.17, 15) is 4.79 Å². The molecule has 1 aliphatic rings. The zero-order valence-corrected chi connectivity index (χ0v) is 11.8. The first-order chi connectivity index (χ1) is 9.79. The van der Waals surface area contributed by atoms with Crippen molar-refractivity contribution in [3.05, 3.63) is 48.0 Å². The second kappa shape index (κ2) is 5.81. The average molecular weight is 290 g/mol. The van der Waals surface area contributed by atoms with Gasteiger partial charge in [0.2, 0.25) is 0 Å². The average Bonchev–Trinajstić information content (AvgIpc) is 2.53. The number of morpholine rings is 1. The Kier molecular flexibility index (Phi) is 3.90. The van der Waals surface area contributed by atoms with Gasteiger partial charge in [-0.05, 0) is 16.8 Å². The summed E-state index contributed by atoms with van der Waals surface area (Å²) in [7, 11) is 0. The van der Waals surface area contributed by atoms with Crippen LogP contribution in [0.1, 0.15) is 10.4 Å². The number of rotatable bonds is 2. The third-order valence-corrected chi connectivity index (χ3v) is 3.96. The largest absolute Gasteiger partial charge is 0.373 e. The molecule has 2 aromatic carbocycles. The van der Waals surface area contributed by atoms with Crippen LogP contribution in [0.25, 0.3) is 10.8 Å². The molecule has 3 nitrogen and oxygen atoms in total. The van der Waals surface area contributed by atoms with E-state index in [0.29, 0.717) is 25.6 Å². The lowest BCUT2D eigenvalue weighted by molar-refractivity contribution is -0.0107. The molecule has 0 N–H and O–H groups in total. The van der Waals surface area contributed by atoms with Crippen molar-refractivity contribution in [2.45, 2.75) is 6.10 Å². The number of fused-ring (bicyclic) bond motifs is 1. The van der Waals surface area contributed by atoms with Crippen LogP contribution in [0.4, 0.5) is 0 Å². The van der Waals surface area contributed by atoms with Crippen LogP contribution < -0.4 is 0 Å². The molecule has 0 aliphatic carbocycles. The molecular formula is C16H16ClNO2. The molecule has 1 unspecified atom stereocenters. The molecule has 0 spiro atoms. The molecule has 4 heteroatoms. The number of amides is 1. The van der Waals surface area contributed by atoms with Gasteiger partial charge in [-0.3, -0.25) is 4.79 Å². The Morgan fingerprint density at radius 3 is 2.90 bits per heavy atom. The maximum absolute atomic E-state index is 12.7. The summed E-state index contributed by atoms with van der Waals surface area (Å²) in [5.41, 5.74) is 0.748. The summed E-state index contributed by atoms with van der Waals surface area (Å²) in [6.07, 6.45) is -0.0654. The number of carbonyl (C=O) groups excluding carboxylic acids is 1. The lowest BCUT2D eigenvalue weighted by Gasteiger charge is -2.32. The third-order valence-electron chi connectivity index (χ3n) is 3.62. The van der Waals surface area contributed by atoms with E-state index in [4.69, 9.17) is 16.3 Å². The summed E-state index contributed by atoms with van der Waals surface area (Å²) in [5, 5.41) is 2.08. The van der Waals surface area contributed by atoms with Crippen LogP contribution in [0.15, 0.2) is 42.5 Å². The molecule has 1 fully saturated rings. The van der Waals surface area contributed by atoms with Gasteiger partial charge in [0.05, 0.1) is 18.6 Å². The van der Waals surface area contributed by atoms with E-state index >= 15 is 0 Å². The number of halogens is 1. The van der Waals surface area contributed by atoms with Gasteiger partial charge in [-0.25, -0.2) is 0 Å². The summed E-state index contributed by atoms with van der Waals surface area (Å²) in [4.78, 5) is 14.5. The molecule has 1 amide bonds. The zero-order valence-electron chi connectivity index (χ0n) is 11.1. The highest BCUT2D eigenvalue weighted by Crippen LogP contribution is 2.21. The van der Waals surface area contributed by atoms with E-state index in [2.05, 4.69) is 0 Å². The third kappa shape index (κ3) is 2.51. The number of alkyl halides is 1. The van der Waals surface area contributed by atoms with Gasteiger partial charge in [-0.15, -0.1) is 11.6 Å². The van der Waals surface area contributed by atoms with Crippen LogP contribution in [-0.2, 0) is 4.74 Å². The second-order valence-electron chi connectivity index (χ2n) is 4.92. The standard InChI is InChI=1S/C16H16ClNO2/c17-10-13-11-18(8-9-20-13)16(19)15-7-3-5-12-4-1-2-6-14(12)15/h1-7,13H,8-11H2. The molecule has 3 rings (SSSR count). The zero-order chi connectivity index (χ0) is 13.9. The van der Waals surface area contributed by atoms with Crippen LogP contribution >= 0.6 is 11.6 Å². The van der Waals surface area contributed by atoms with Crippen molar-refractivity contribution in [3.8, 4) is 0 Å². The van der Waals surface area contributed by atoms with Crippen LogP contribution in [0.2, 0.25) is 0 Å². The molecule has 2 aromatic rings. The highest BCUT2D eigenvalue weighted by molar-refractivity contribution is 6.18. The summed E-state index contributed by atoms with van der Waals surface area (Å²) in [6.45, 7) is 1.73. The second-order valence-corrected chi connectivity index (χ2v) is 5.23. The monoisotopic (exact) mass is 289 g/mol. The highest BCUT2D eigenvalue weighted by atomic mass is 35.5. The fourth-order valence-electron chi connectivity index (χ4n) is 2.58. The summed E-state index contributed by atoms with van der Waals surface area (Å²) in [6, 6.07) is 13.8. The molecule has 0 aromatic heterocycles. The van der Waals surface area contributed by atoms with Gasteiger partial charge < -0.3 is 9.64 Å². The maximum Gasteiger partial charge on any atom is 0.254 e. The smallest absolute Gasteiger partial charge is 0.254 e. The van der Waals surface area contributed by atoms with E-state index in [-0.39, 0.29) is 12.0 Å². The topological polar surface area (TPSA) is 29.5 Å². The van der Waals surface area contributed by atoms with Gasteiger partial charge in [-0.1, -0.05) is 36.4 Å². The van der Waals surface area contributed by atoms with Crippen molar-refractivity contribution in [2.24, 2.45) is 0 Å². The van der Waals surface area contributed by atoms with Crippen LogP contribution in [0.5, 0.6) is 0 Å². The Hall–Kier alpha value is -1.58. The summed E-state index contributed by atoms with van der Waals surface area (Å²) >= 11 is 5.83. The molecule has 104 valence electrons. The van der Waals surface area contributed by atoms with Crippen molar-refractivity contribution >= 4 is 28.3 Å². The molecule has 0 bridgehead atoms. The Labute approximate surface area is 123 Å². The van der Waals surface area contributed by atoms with E-state index in [1.807, 2.05) is 47.4 Å². The van der Waals surface area contributed by atoms with Gasteiger partial charge in [0.1, 0.15) is 0 Å². The molecule has 0 saturated carbocycles. The number of ether oxygens (including phenoxy) is 1. The predicted molar refractivity (Wildman–Crippen MR) is 80.3 cm³/mol. The maximum atomic E-state index is 12.7. The van der Waals surface area contributed by atoms with Gasteiger partial charge >= 0.3 is 0 Å². The van der Waals surface area contributed by atoms with E-state index < -0.39 is 0 Å². The molecule has 1 heterocycles. The fraction of sp³-hybridized carbons (Fsp3) is 0.312. The van der Waals surface area contributed by atoms with Crippen LogP contribution in [-0.4, -0.2) is 42.5 Å². The van der Waals surface area contributed by atoms with E-state index in [1.165, 1.54) is 0 Å². The first-order valence-electron chi connectivity index (χ1n) is 6.74. The Balaban J connectivity index is 1.92.